The molecule has 0 bridgehead atoms. The highest BCUT2D eigenvalue weighted by molar-refractivity contribution is 7.92. The van der Waals surface area contributed by atoms with E-state index in [1.54, 1.807) is 19.1 Å². The SMILES string of the molecule is CCOCc1cccc(S(=O)(=O)Nc2ccnc(C)c2Cl)c1. The molecule has 0 aliphatic carbocycles. The van der Waals surface area contributed by atoms with E-state index in [4.69, 9.17) is 16.3 Å². The second-order valence-electron chi connectivity index (χ2n) is 4.65. The maximum Gasteiger partial charge on any atom is 0.261 e. The molecule has 1 heterocycles. The second-order valence-corrected chi connectivity index (χ2v) is 6.71. The van der Waals surface area contributed by atoms with E-state index in [-0.39, 0.29) is 9.92 Å². The van der Waals surface area contributed by atoms with Crippen molar-refractivity contribution in [3.8, 4) is 0 Å². The molecule has 1 aromatic heterocycles. The van der Waals surface area contributed by atoms with E-state index in [9.17, 15) is 8.42 Å². The van der Waals surface area contributed by atoms with Gasteiger partial charge in [0.2, 0.25) is 0 Å². The lowest BCUT2D eigenvalue weighted by Gasteiger charge is -2.11. The average molecular weight is 341 g/mol. The van der Waals surface area contributed by atoms with Gasteiger partial charge in [-0.1, -0.05) is 23.7 Å². The van der Waals surface area contributed by atoms with Crippen LogP contribution in [0.2, 0.25) is 5.02 Å². The fourth-order valence-electron chi connectivity index (χ4n) is 1.85. The van der Waals surface area contributed by atoms with E-state index < -0.39 is 10.0 Å². The summed E-state index contributed by atoms with van der Waals surface area (Å²) in [6.45, 7) is 4.54. The van der Waals surface area contributed by atoms with Gasteiger partial charge < -0.3 is 4.74 Å². The molecule has 0 aliphatic heterocycles. The topological polar surface area (TPSA) is 68.3 Å². The predicted octanol–water partition coefficient (Wildman–Crippen LogP) is 3.38. The third-order valence-electron chi connectivity index (χ3n) is 2.99. The first-order valence-electron chi connectivity index (χ1n) is 6.74. The summed E-state index contributed by atoms with van der Waals surface area (Å²) in [5.41, 5.74) is 1.66. The van der Waals surface area contributed by atoms with Gasteiger partial charge >= 0.3 is 0 Å². The lowest BCUT2D eigenvalue weighted by atomic mass is 10.2. The van der Waals surface area contributed by atoms with Crippen molar-refractivity contribution in [2.24, 2.45) is 0 Å². The van der Waals surface area contributed by atoms with Crippen molar-refractivity contribution in [3.05, 3.63) is 52.8 Å². The van der Waals surface area contributed by atoms with Crippen LogP contribution in [0.15, 0.2) is 41.4 Å². The largest absolute Gasteiger partial charge is 0.377 e. The zero-order chi connectivity index (χ0) is 16.2. The Hall–Kier alpha value is -1.63. The summed E-state index contributed by atoms with van der Waals surface area (Å²) in [7, 11) is -3.72. The van der Waals surface area contributed by atoms with Gasteiger partial charge in [-0.25, -0.2) is 8.42 Å². The van der Waals surface area contributed by atoms with Gasteiger partial charge in [0, 0.05) is 12.8 Å². The van der Waals surface area contributed by atoms with Crippen LogP contribution in [0.3, 0.4) is 0 Å². The number of pyridine rings is 1. The summed E-state index contributed by atoms with van der Waals surface area (Å²) >= 11 is 6.08. The molecule has 7 heteroatoms. The smallest absolute Gasteiger partial charge is 0.261 e. The Kier molecular flexibility index (Phi) is 5.39. The molecule has 0 atom stereocenters. The molecule has 118 valence electrons. The number of aromatic nitrogens is 1. The van der Waals surface area contributed by atoms with Gasteiger partial charge in [-0.05, 0) is 37.6 Å². The van der Waals surface area contributed by atoms with Crippen molar-refractivity contribution in [1.29, 1.82) is 0 Å². The Bertz CT molecular complexity index is 763. The highest BCUT2D eigenvalue weighted by atomic mass is 35.5. The van der Waals surface area contributed by atoms with Crippen LogP contribution in [0.5, 0.6) is 0 Å². The van der Waals surface area contributed by atoms with Crippen LogP contribution in [0, 0.1) is 6.92 Å². The first-order valence-corrected chi connectivity index (χ1v) is 8.60. The van der Waals surface area contributed by atoms with Gasteiger partial charge in [-0.15, -0.1) is 0 Å². The summed E-state index contributed by atoms with van der Waals surface area (Å²) in [6, 6.07) is 8.14. The molecule has 1 N–H and O–H groups in total. The summed E-state index contributed by atoms with van der Waals surface area (Å²) in [4.78, 5) is 4.17. The third kappa shape index (κ3) is 3.97. The summed E-state index contributed by atoms with van der Waals surface area (Å²) in [6.07, 6.45) is 1.50. The number of sulfonamides is 1. The number of aryl methyl sites for hydroxylation is 1. The normalized spacial score (nSPS) is 11.4. The molecule has 0 saturated heterocycles. The fourth-order valence-corrected chi connectivity index (χ4v) is 3.21. The lowest BCUT2D eigenvalue weighted by Crippen LogP contribution is -2.14. The maximum atomic E-state index is 12.5. The Morgan fingerprint density at radius 1 is 1.32 bits per heavy atom. The standard InChI is InChI=1S/C15H17ClN2O3S/c1-3-21-10-12-5-4-6-13(9-12)22(19,20)18-14-7-8-17-11(2)15(14)16/h4-9H,3,10H2,1-2H3,(H,17,18). The van der Waals surface area contributed by atoms with Crippen molar-refractivity contribution in [2.75, 3.05) is 11.3 Å². The van der Waals surface area contributed by atoms with E-state index >= 15 is 0 Å². The van der Waals surface area contributed by atoms with Crippen molar-refractivity contribution in [3.63, 3.8) is 0 Å². The molecular weight excluding hydrogens is 324 g/mol. The highest BCUT2D eigenvalue weighted by Gasteiger charge is 2.17. The zero-order valence-electron chi connectivity index (χ0n) is 12.3. The maximum absolute atomic E-state index is 12.5. The van der Waals surface area contributed by atoms with E-state index in [0.717, 1.165) is 5.56 Å². The van der Waals surface area contributed by atoms with Crippen LogP contribution < -0.4 is 4.72 Å². The van der Waals surface area contributed by atoms with Gasteiger partial charge in [0.05, 0.1) is 27.9 Å². The molecule has 0 amide bonds. The highest BCUT2D eigenvalue weighted by Crippen LogP contribution is 2.26. The van der Waals surface area contributed by atoms with Gasteiger partial charge in [0.15, 0.2) is 0 Å². The summed E-state index contributed by atoms with van der Waals surface area (Å²) < 4.78 is 32.7. The Balaban J connectivity index is 2.28. The molecule has 0 unspecified atom stereocenters. The molecule has 5 nitrogen and oxygen atoms in total. The van der Waals surface area contributed by atoms with Gasteiger partial charge in [0.1, 0.15) is 0 Å². The minimum absolute atomic E-state index is 0.162. The molecule has 2 rings (SSSR count). The van der Waals surface area contributed by atoms with Gasteiger partial charge in [-0.2, -0.15) is 0 Å². The number of hydrogen-bond donors (Lipinski definition) is 1. The Morgan fingerprint density at radius 2 is 2.09 bits per heavy atom. The van der Waals surface area contributed by atoms with E-state index in [2.05, 4.69) is 9.71 Å². The molecule has 0 radical (unpaired) electrons. The minimum Gasteiger partial charge on any atom is -0.377 e. The summed E-state index contributed by atoms with van der Waals surface area (Å²) in [5, 5.41) is 0.288. The number of benzene rings is 1. The van der Waals surface area contributed by atoms with Crippen LogP contribution in [0.1, 0.15) is 18.2 Å². The quantitative estimate of drug-likeness (QED) is 0.875. The molecular formula is C15H17ClN2O3S. The minimum atomic E-state index is -3.72. The number of ether oxygens (including phenoxy) is 1. The van der Waals surface area contributed by atoms with Crippen LogP contribution in [0.25, 0.3) is 0 Å². The zero-order valence-corrected chi connectivity index (χ0v) is 13.9. The number of rotatable bonds is 6. The third-order valence-corrected chi connectivity index (χ3v) is 4.83. The Morgan fingerprint density at radius 3 is 2.82 bits per heavy atom. The van der Waals surface area contributed by atoms with E-state index in [1.165, 1.54) is 18.3 Å². The molecule has 2 aromatic rings. The predicted molar refractivity (Wildman–Crippen MR) is 86.6 cm³/mol. The Labute approximate surface area is 135 Å². The fraction of sp³-hybridized carbons (Fsp3) is 0.267. The summed E-state index contributed by atoms with van der Waals surface area (Å²) in [5.74, 6) is 0. The molecule has 0 fully saturated rings. The van der Waals surface area contributed by atoms with Gasteiger partial charge in [0.25, 0.3) is 10.0 Å². The molecule has 1 aromatic carbocycles. The van der Waals surface area contributed by atoms with Crippen molar-refractivity contribution < 1.29 is 13.2 Å². The first-order chi connectivity index (χ1) is 10.4. The number of halogens is 1. The van der Waals surface area contributed by atoms with Crippen molar-refractivity contribution in [2.45, 2.75) is 25.3 Å². The van der Waals surface area contributed by atoms with E-state index in [1.807, 2.05) is 13.0 Å². The average Bonchev–Trinajstić information content (AvgIpc) is 2.50. The molecule has 22 heavy (non-hydrogen) atoms. The number of hydrogen-bond acceptors (Lipinski definition) is 4. The molecule has 0 saturated carbocycles. The number of nitrogens with one attached hydrogen (secondary N) is 1. The van der Waals surface area contributed by atoms with Crippen molar-refractivity contribution in [1.82, 2.24) is 4.98 Å². The number of anilines is 1. The van der Waals surface area contributed by atoms with E-state index in [0.29, 0.717) is 24.6 Å². The van der Waals surface area contributed by atoms with Crippen LogP contribution in [0.4, 0.5) is 5.69 Å². The molecule has 0 aliphatic rings. The van der Waals surface area contributed by atoms with Crippen molar-refractivity contribution >= 4 is 27.3 Å². The van der Waals surface area contributed by atoms with Crippen LogP contribution in [-0.4, -0.2) is 20.0 Å². The molecule has 0 spiro atoms. The van der Waals surface area contributed by atoms with Crippen LogP contribution in [-0.2, 0) is 21.4 Å². The van der Waals surface area contributed by atoms with Gasteiger partial charge in [-0.3, -0.25) is 9.71 Å². The van der Waals surface area contributed by atoms with Crippen LogP contribution >= 0.6 is 11.6 Å². The number of nitrogens with zero attached hydrogens (tertiary/aromatic N) is 1. The lowest BCUT2D eigenvalue weighted by molar-refractivity contribution is 0.134. The second kappa shape index (κ2) is 7.09. The monoisotopic (exact) mass is 340 g/mol. The first kappa shape index (κ1) is 16.7.